The molecule has 102 valence electrons. The summed E-state index contributed by atoms with van der Waals surface area (Å²) >= 11 is 1.29. The Hall–Kier alpha value is -1.40. The normalized spacial score (nSPS) is 13.6. The summed E-state index contributed by atoms with van der Waals surface area (Å²) in [5.74, 6) is 0. The third kappa shape index (κ3) is 2.79. The number of thiazole rings is 1. The summed E-state index contributed by atoms with van der Waals surface area (Å²) in [5.41, 5.74) is 2.47. The molecule has 0 saturated carbocycles. The molecule has 1 aromatic carbocycles. The Balaban J connectivity index is 2.39. The molecule has 2 aromatic rings. The van der Waals surface area contributed by atoms with Gasteiger partial charge in [-0.2, -0.15) is 13.2 Å². The van der Waals surface area contributed by atoms with Gasteiger partial charge in [0.2, 0.25) is 0 Å². The summed E-state index contributed by atoms with van der Waals surface area (Å²) in [6.45, 7) is 3.32. The van der Waals surface area contributed by atoms with E-state index in [0.717, 1.165) is 12.1 Å². The maximum absolute atomic E-state index is 12.6. The molecule has 0 fully saturated rings. The highest BCUT2D eigenvalue weighted by Gasteiger charge is 2.31. The highest BCUT2D eigenvalue weighted by molar-refractivity contribution is 7.09. The number of hydrogen-bond acceptors (Lipinski definition) is 3. The molecule has 6 heteroatoms. The first-order chi connectivity index (χ1) is 8.80. The van der Waals surface area contributed by atoms with Gasteiger partial charge in [0.25, 0.3) is 0 Å². The Morgan fingerprint density at radius 2 is 1.95 bits per heavy atom. The van der Waals surface area contributed by atoms with E-state index in [4.69, 9.17) is 0 Å². The summed E-state index contributed by atoms with van der Waals surface area (Å²) in [4.78, 5) is 4.68. The number of hydrogen-bond donors (Lipinski definition) is 1. The van der Waals surface area contributed by atoms with Crippen molar-refractivity contribution in [2.75, 3.05) is 0 Å². The highest BCUT2D eigenvalue weighted by Crippen LogP contribution is 2.34. The van der Waals surface area contributed by atoms with Crippen LogP contribution < -0.4 is 0 Å². The Morgan fingerprint density at radius 3 is 2.42 bits per heavy atom. The zero-order valence-electron chi connectivity index (χ0n) is 10.3. The minimum absolute atomic E-state index is 0.412. The lowest BCUT2D eigenvalue weighted by Gasteiger charge is -2.15. The number of alkyl halides is 3. The second-order valence-corrected chi connectivity index (χ2v) is 5.16. The smallest absolute Gasteiger partial charge is 0.383 e. The van der Waals surface area contributed by atoms with Gasteiger partial charge >= 0.3 is 6.18 Å². The van der Waals surface area contributed by atoms with Gasteiger partial charge in [0.1, 0.15) is 6.10 Å². The molecule has 1 atom stereocenters. The molecule has 0 aliphatic carbocycles. The van der Waals surface area contributed by atoms with Crippen LogP contribution in [-0.4, -0.2) is 10.1 Å². The number of aromatic nitrogens is 1. The van der Waals surface area contributed by atoms with Crippen molar-refractivity contribution >= 4 is 11.3 Å². The SMILES string of the molecule is Cc1cc(C(F)(F)F)ccc1C(O)c1scnc1C. The van der Waals surface area contributed by atoms with E-state index in [-0.39, 0.29) is 0 Å². The van der Waals surface area contributed by atoms with Gasteiger partial charge in [-0.15, -0.1) is 11.3 Å². The average molecular weight is 287 g/mol. The largest absolute Gasteiger partial charge is 0.416 e. The van der Waals surface area contributed by atoms with Crippen molar-refractivity contribution in [3.8, 4) is 0 Å². The number of aryl methyl sites for hydroxylation is 2. The number of aliphatic hydroxyl groups is 1. The Labute approximate surface area is 112 Å². The minimum atomic E-state index is -4.37. The van der Waals surface area contributed by atoms with E-state index in [2.05, 4.69) is 4.98 Å². The van der Waals surface area contributed by atoms with Crippen molar-refractivity contribution in [1.29, 1.82) is 0 Å². The number of halogens is 3. The molecule has 0 spiro atoms. The van der Waals surface area contributed by atoms with Crippen molar-refractivity contribution in [2.24, 2.45) is 0 Å². The Morgan fingerprint density at radius 1 is 1.26 bits per heavy atom. The summed E-state index contributed by atoms with van der Waals surface area (Å²) in [5, 5.41) is 10.2. The monoisotopic (exact) mass is 287 g/mol. The van der Waals surface area contributed by atoms with Crippen molar-refractivity contribution in [2.45, 2.75) is 26.1 Å². The van der Waals surface area contributed by atoms with Gasteiger partial charge in [-0.3, -0.25) is 0 Å². The molecule has 2 rings (SSSR count). The molecular formula is C13H12F3NOS. The summed E-state index contributed by atoms with van der Waals surface area (Å²) in [6.07, 6.45) is -5.30. The van der Waals surface area contributed by atoms with Crippen LogP contribution >= 0.6 is 11.3 Å². The van der Waals surface area contributed by atoms with Crippen LogP contribution in [0.3, 0.4) is 0 Å². The van der Waals surface area contributed by atoms with Crippen molar-refractivity contribution < 1.29 is 18.3 Å². The van der Waals surface area contributed by atoms with Crippen LogP contribution in [0.5, 0.6) is 0 Å². The lowest BCUT2D eigenvalue weighted by Crippen LogP contribution is -2.08. The molecule has 0 aliphatic heterocycles. The predicted molar refractivity (Wildman–Crippen MR) is 67.1 cm³/mol. The summed E-state index contributed by atoms with van der Waals surface area (Å²) in [6, 6.07) is 3.36. The topological polar surface area (TPSA) is 33.1 Å². The molecule has 1 N–H and O–H groups in total. The Bertz CT molecular complexity index is 592. The van der Waals surface area contributed by atoms with Crippen molar-refractivity contribution in [3.05, 3.63) is 51.0 Å². The van der Waals surface area contributed by atoms with Gasteiger partial charge in [-0.05, 0) is 37.1 Å². The highest BCUT2D eigenvalue weighted by atomic mass is 32.1. The Kier molecular flexibility index (Phi) is 3.64. The first-order valence-corrected chi connectivity index (χ1v) is 6.44. The van der Waals surface area contributed by atoms with Crippen LogP contribution in [0, 0.1) is 13.8 Å². The zero-order valence-corrected chi connectivity index (χ0v) is 11.1. The van der Waals surface area contributed by atoms with E-state index in [1.807, 2.05) is 0 Å². The van der Waals surface area contributed by atoms with Gasteiger partial charge in [0, 0.05) is 0 Å². The van der Waals surface area contributed by atoms with Gasteiger partial charge in [0.15, 0.2) is 0 Å². The molecule has 1 aromatic heterocycles. The molecule has 0 radical (unpaired) electrons. The van der Waals surface area contributed by atoms with Crippen LogP contribution in [0.15, 0.2) is 23.7 Å². The number of benzene rings is 1. The number of rotatable bonds is 2. The standard InChI is InChI=1S/C13H12F3NOS/c1-7-5-9(13(14,15)16)3-4-10(7)11(18)12-8(2)17-6-19-12/h3-6,11,18H,1-2H3. The fourth-order valence-corrected chi connectivity index (χ4v) is 2.68. The van der Waals surface area contributed by atoms with E-state index in [1.165, 1.54) is 17.4 Å². The molecule has 1 unspecified atom stereocenters. The fraction of sp³-hybridized carbons (Fsp3) is 0.308. The van der Waals surface area contributed by atoms with E-state index < -0.39 is 17.8 Å². The second-order valence-electron chi connectivity index (χ2n) is 4.27. The van der Waals surface area contributed by atoms with Crippen molar-refractivity contribution in [3.63, 3.8) is 0 Å². The second kappa shape index (κ2) is 4.94. The third-order valence-corrected chi connectivity index (χ3v) is 3.91. The van der Waals surface area contributed by atoms with E-state index in [1.54, 1.807) is 19.4 Å². The van der Waals surface area contributed by atoms with Crippen LogP contribution in [0.25, 0.3) is 0 Å². The quantitative estimate of drug-likeness (QED) is 0.909. The summed E-state index contributed by atoms with van der Waals surface area (Å²) < 4.78 is 37.7. The molecule has 0 saturated heterocycles. The lowest BCUT2D eigenvalue weighted by atomic mass is 9.99. The van der Waals surface area contributed by atoms with Gasteiger partial charge in [-0.25, -0.2) is 4.98 Å². The van der Waals surface area contributed by atoms with E-state index >= 15 is 0 Å². The van der Waals surface area contributed by atoms with Gasteiger partial charge in [0.05, 0.1) is 21.6 Å². The maximum Gasteiger partial charge on any atom is 0.416 e. The molecule has 19 heavy (non-hydrogen) atoms. The van der Waals surface area contributed by atoms with Crippen LogP contribution in [0.1, 0.15) is 33.4 Å². The zero-order chi connectivity index (χ0) is 14.2. The van der Waals surface area contributed by atoms with Crippen molar-refractivity contribution in [1.82, 2.24) is 4.98 Å². The van der Waals surface area contributed by atoms with Crippen LogP contribution in [-0.2, 0) is 6.18 Å². The number of nitrogens with zero attached hydrogens (tertiary/aromatic N) is 1. The number of aliphatic hydroxyl groups excluding tert-OH is 1. The van der Waals surface area contributed by atoms with Crippen LogP contribution in [0.2, 0.25) is 0 Å². The molecule has 2 nitrogen and oxygen atoms in total. The lowest BCUT2D eigenvalue weighted by molar-refractivity contribution is -0.137. The molecule has 0 amide bonds. The maximum atomic E-state index is 12.6. The molecule has 0 bridgehead atoms. The third-order valence-electron chi connectivity index (χ3n) is 2.92. The first kappa shape index (κ1) is 14.0. The molecular weight excluding hydrogens is 275 g/mol. The molecule has 1 heterocycles. The molecule has 0 aliphatic rings. The van der Waals surface area contributed by atoms with E-state index in [0.29, 0.717) is 21.7 Å². The summed E-state index contributed by atoms with van der Waals surface area (Å²) in [7, 11) is 0. The fourth-order valence-electron chi connectivity index (χ4n) is 1.87. The van der Waals surface area contributed by atoms with Gasteiger partial charge < -0.3 is 5.11 Å². The first-order valence-electron chi connectivity index (χ1n) is 5.56. The van der Waals surface area contributed by atoms with Gasteiger partial charge in [-0.1, -0.05) is 6.07 Å². The van der Waals surface area contributed by atoms with Crippen LogP contribution in [0.4, 0.5) is 13.2 Å². The van der Waals surface area contributed by atoms with E-state index in [9.17, 15) is 18.3 Å². The predicted octanol–water partition coefficient (Wildman–Crippen LogP) is 3.86. The average Bonchev–Trinajstić information content (AvgIpc) is 2.73. The minimum Gasteiger partial charge on any atom is -0.383 e.